The molecule has 0 bridgehead atoms. The maximum Gasteiger partial charge on any atom is 0.418 e. The number of cyclic esters (lactones) is 1. The molecule has 1 saturated heterocycles. The number of hydrogen-bond acceptors (Lipinski definition) is 3. The minimum Gasteiger partial charge on any atom is -0.446 e. The van der Waals surface area contributed by atoms with Crippen molar-refractivity contribution in [3.8, 4) is 11.8 Å². The predicted molar refractivity (Wildman–Crippen MR) is 80.7 cm³/mol. The Bertz CT molecular complexity index is 744. The molecule has 1 aliphatic heterocycles. The van der Waals surface area contributed by atoms with E-state index in [1.165, 1.54) is 0 Å². The molecular formula is C18H13NO3. The lowest BCUT2D eigenvalue weighted by molar-refractivity contribution is -0.123. The van der Waals surface area contributed by atoms with Gasteiger partial charge in [-0.05, 0) is 17.7 Å². The van der Waals surface area contributed by atoms with E-state index in [2.05, 4.69) is 11.8 Å². The molecule has 1 fully saturated rings. The van der Waals surface area contributed by atoms with Gasteiger partial charge in [0.2, 0.25) is 0 Å². The summed E-state index contributed by atoms with van der Waals surface area (Å²) in [5.41, 5.74) is 1.57. The molecule has 0 unspecified atom stereocenters. The molecule has 3 rings (SSSR count). The van der Waals surface area contributed by atoms with Crippen LogP contribution in [0.2, 0.25) is 0 Å². The number of ether oxygens (including phenoxy) is 1. The monoisotopic (exact) mass is 291 g/mol. The van der Waals surface area contributed by atoms with Crippen molar-refractivity contribution in [1.29, 1.82) is 0 Å². The molecule has 2 amide bonds. The van der Waals surface area contributed by atoms with Crippen molar-refractivity contribution in [2.45, 2.75) is 6.04 Å². The van der Waals surface area contributed by atoms with Crippen LogP contribution in [0.5, 0.6) is 0 Å². The minimum absolute atomic E-state index is 0.154. The summed E-state index contributed by atoms with van der Waals surface area (Å²) in [5.74, 6) is 4.72. The molecule has 4 nitrogen and oxygen atoms in total. The highest BCUT2D eigenvalue weighted by molar-refractivity contribution is 6.04. The van der Waals surface area contributed by atoms with Gasteiger partial charge in [-0.2, -0.15) is 0 Å². The van der Waals surface area contributed by atoms with E-state index in [-0.39, 0.29) is 6.61 Å². The van der Waals surface area contributed by atoms with Crippen LogP contribution in [0.4, 0.5) is 4.79 Å². The van der Waals surface area contributed by atoms with Gasteiger partial charge in [-0.15, -0.1) is 0 Å². The van der Waals surface area contributed by atoms with Crippen LogP contribution < -0.4 is 0 Å². The van der Waals surface area contributed by atoms with Crippen molar-refractivity contribution in [2.75, 3.05) is 6.61 Å². The first kappa shape index (κ1) is 13.9. The summed E-state index contributed by atoms with van der Waals surface area (Å²) in [6.07, 6.45) is -0.652. The normalized spacial score (nSPS) is 16.6. The van der Waals surface area contributed by atoms with Crippen LogP contribution in [0.1, 0.15) is 17.2 Å². The number of nitrogens with zero attached hydrogens (tertiary/aromatic N) is 1. The molecule has 2 aromatic carbocycles. The smallest absolute Gasteiger partial charge is 0.418 e. The predicted octanol–water partition coefficient (Wildman–Crippen LogP) is 2.76. The molecule has 22 heavy (non-hydrogen) atoms. The second kappa shape index (κ2) is 6.15. The molecule has 0 radical (unpaired) electrons. The van der Waals surface area contributed by atoms with Crippen LogP contribution in [0.15, 0.2) is 60.7 Å². The maximum atomic E-state index is 12.3. The van der Waals surface area contributed by atoms with Gasteiger partial charge in [0.25, 0.3) is 0 Å². The highest BCUT2D eigenvalue weighted by atomic mass is 16.6. The van der Waals surface area contributed by atoms with Gasteiger partial charge >= 0.3 is 12.0 Å². The standard InChI is InChI=1S/C18H13NO3/c20-17(12-11-14-7-3-1-4-8-14)19-16(13-22-18(19)21)15-9-5-2-6-10-15/h1-10,16H,13H2/t16-/m0/s1. The average Bonchev–Trinajstić information content (AvgIpc) is 2.96. The summed E-state index contributed by atoms with van der Waals surface area (Å²) >= 11 is 0. The average molecular weight is 291 g/mol. The Morgan fingerprint density at radius 1 is 1.05 bits per heavy atom. The number of benzene rings is 2. The topological polar surface area (TPSA) is 46.6 Å². The van der Waals surface area contributed by atoms with E-state index in [0.717, 1.165) is 16.0 Å². The third-order valence-corrected chi connectivity index (χ3v) is 3.36. The Hall–Kier alpha value is -3.06. The van der Waals surface area contributed by atoms with E-state index in [1.807, 2.05) is 48.5 Å². The third kappa shape index (κ3) is 2.84. The lowest BCUT2D eigenvalue weighted by atomic mass is 10.1. The van der Waals surface area contributed by atoms with E-state index in [9.17, 15) is 9.59 Å². The quantitative estimate of drug-likeness (QED) is 0.759. The highest BCUT2D eigenvalue weighted by Crippen LogP contribution is 2.27. The van der Waals surface area contributed by atoms with Crippen LogP contribution in [0, 0.1) is 11.8 Å². The zero-order valence-corrected chi connectivity index (χ0v) is 11.7. The van der Waals surface area contributed by atoms with Gasteiger partial charge in [0.15, 0.2) is 0 Å². The van der Waals surface area contributed by atoms with Crippen LogP contribution in [0.25, 0.3) is 0 Å². The Morgan fingerprint density at radius 3 is 2.36 bits per heavy atom. The van der Waals surface area contributed by atoms with E-state index in [1.54, 1.807) is 12.1 Å². The third-order valence-electron chi connectivity index (χ3n) is 3.36. The first-order valence-corrected chi connectivity index (χ1v) is 6.87. The Balaban J connectivity index is 1.84. The fourth-order valence-electron chi connectivity index (χ4n) is 2.27. The van der Waals surface area contributed by atoms with Crippen molar-refractivity contribution in [3.63, 3.8) is 0 Å². The molecule has 0 N–H and O–H groups in total. The summed E-state index contributed by atoms with van der Waals surface area (Å²) in [6, 6.07) is 18.0. The van der Waals surface area contributed by atoms with E-state index in [4.69, 9.17) is 4.74 Å². The SMILES string of the molecule is O=C(C#Cc1ccccc1)N1C(=O)OC[C@H]1c1ccccc1. The maximum absolute atomic E-state index is 12.3. The first-order chi connectivity index (χ1) is 10.8. The van der Waals surface area contributed by atoms with E-state index in [0.29, 0.717) is 0 Å². The second-order valence-electron chi connectivity index (χ2n) is 4.79. The highest BCUT2D eigenvalue weighted by Gasteiger charge is 2.38. The van der Waals surface area contributed by atoms with Crippen molar-refractivity contribution in [3.05, 3.63) is 71.8 Å². The number of rotatable bonds is 1. The molecule has 1 heterocycles. The second-order valence-corrected chi connectivity index (χ2v) is 4.79. The van der Waals surface area contributed by atoms with Crippen molar-refractivity contribution < 1.29 is 14.3 Å². The lowest BCUT2D eigenvalue weighted by Crippen LogP contribution is -2.33. The number of amides is 2. The van der Waals surface area contributed by atoms with Crippen LogP contribution in [-0.4, -0.2) is 23.5 Å². The molecule has 0 spiro atoms. The number of hydrogen-bond donors (Lipinski definition) is 0. The lowest BCUT2D eigenvalue weighted by Gasteiger charge is -2.17. The molecule has 0 aromatic heterocycles. The van der Waals surface area contributed by atoms with Crippen LogP contribution in [-0.2, 0) is 9.53 Å². The van der Waals surface area contributed by atoms with Gasteiger partial charge in [0, 0.05) is 11.5 Å². The summed E-state index contributed by atoms with van der Waals surface area (Å²) in [5, 5.41) is 0. The molecule has 2 aromatic rings. The van der Waals surface area contributed by atoms with Crippen LogP contribution in [0.3, 0.4) is 0 Å². The molecule has 108 valence electrons. The van der Waals surface area contributed by atoms with Gasteiger partial charge < -0.3 is 4.74 Å². The zero-order chi connectivity index (χ0) is 15.4. The van der Waals surface area contributed by atoms with Gasteiger partial charge in [-0.1, -0.05) is 54.5 Å². The summed E-state index contributed by atoms with van der Waals surface area (Å²) < 4.78 is 5.00. The fourth-order valence-corrected chi connectivity index (χ4v) is 2.27. The largest absolute Gasteiger partial charge is 0.446 e. The van der Waals surface area contributed by atoms with Gasteiger partial charge in [-0.3, -0.25) is 4.79 Å². The minimum atomic E-state index is -0.652. The van der Waals surface area contributed by atoms with E-state index < -0.39 is 18.0 Å². The summed E-state index contributed by atoms with van der Waals surface area (Å²) in [7, 11) is 0. The molecule has 0 saturated carbocycles. The molecule has 0 aliphatic carbocycles. The number of carbonyl (C=O) groups is 2. The van der Waals surface area contributed by atoms with Crippen molar-refractivity contribution >= 4 is 12.0 Å². The molecule has 1 atom stereocenters. The van der Waals surface area contributed by atoms with Gasteiger partial charge in [0.1, 0.15) is 12.6 Å². The first-order valence-electron chi connectivity index (χ1n) is 6.87. The number of carbonyl (C=O) groups excluding carboxylic acids is 2. The fraction of sp³-hybridized carbons (Fsp3) is 0.111. The number of imide groups is 1. The van der Waals surface area contributed by atoms with Crippen molar-refractivity contribution in [2.24, 2.45) is 0 Å². The molecule has 1 aliphatic rings. The summed E-state index contributed by atoms with van der Waals surface area (Å²) in [4.78, 5) is 25.2. The zero-order valence-electron chi connectivity index (χ0n) is 11.7. The van der Waals surface area contributed by atoms with Crippen LogP contribution >= 0.6 is 0 Å². The molecule has 4 heteroatoms. The Kier molecular flexibility index (Phi) is 3.88. The van der Waals surface area contributed by atoms with Gasteiger partial charge in [0.05, 0.1) is 0 Å². The van der Waals surface area contributed by atoms with E-state index >= 15 is 0 Å². The Morgan fingerprint density at radius 2 is 1.68 bits per heavy atom. The Labute approximate surface area is 128 Å². The molecular weight excluding hydrogens is 278 g/mol. The van der Waals surface area contributed by atoms with Gasteiger partial charge in [-0.25, -0.2) is 9.69 Å². The van der Waals surface area contributed by atoms with Crippen molar-refractivity contribution in [1.82, 2.24) is 4.90 Å². The summed E-state index contributed by atoms with van der Waals surface area (Å²) in [6.45, 7) is 0.154.